The van der Waals surface area contributed by atoms with Gasteiger partial charge in [-0.15, -0.1) is 0 Å². The standard InChI is InChI=1S/C19H21NO/c1-3-9-17(10-4-1)20-15-7-11-18(20)12-8-16-21-19-13-5-2-6-14-19/h2,5-7,11,13-15,17H,1,3-4,9-10,16H2. The molecule has 0 saturated heterocycles. The van der Waals surface area contributed by atoms with Crippen LogP contribution in [0.5, 0.6) is 5.75 Å². The molecule has 1 aromatic heterocycles. The van der Waals surface area contributed by atoms with Gasteiger partial charge in [-0.25, -0.2) is 0 Å². The molecular formula is C19H21NO. The average molecular weight is 279 g/mol. The SMILES string of the molecule is C(#Cc1cccn1C1CCCCC1)COc1ccccc1. The Morgan fingerprint density at radius 2 is 1.81 bits per heavy atom. The highest BCUT2D eigenvalue weighted by molar-refractivity contribution is 5.30. The maximum Gasteiger partial charge on any atom is 0.149 e. The molecule has 2 aromatic rings. The molecule has 1 saturated carbocycles. The average Bonchev–Trinajstić information content (AvgIpc) is 3.02. The van der Waals surface area contributed by atoms with Crippen LogP contribution in [-0.4, -0.2) is 11.2 Å². The van der Waals surface area contributed by atoms with E-state index in [2.05, 4.69) is 34.7 Å². The fourth-order valence-electron chi connectivity index (χ4n) is 2.94. The zero-order valence-electron chi connectivity index (χ0n) is 12.3. The van der Waals surface area contributed by atoms with Crippen LogP contribution in [-0.2, 0) is 0 Å². The van der Waals surface area contributed by atoms with Crippen molar-refractivity contribution in [1.29, 1.82) is 0 Å². The van der Waals surface area contributed by atoms with Gasteiger partial charge in [0.25, 0.3) is 0 Å². The zero-order valence-corrected chi connectivity index (χ0v) is 12.3. The van der Waals surface area contributed by atoms with Crippen LogP contribution in [0.4, 0.5) is 0 Å². The number of rotatable bonds is 3. The van der Waals surface area contributed by atoms with Gasteiger partial charge in [-0.2, -0.15) is 0 Å². The molecule has 1 aliphatic carbocycles. The Morgan fingerprint density at radius 3 is 2.62 bits per heavy atom. The lowest BCUT2D eigenvalue weighted by Crippen LogP contribution is -2.13. The van der Waals surface area contributed by atoms with Crippen LogP contribution in [0.15, 0.2) is 48.7 Å². The Morgan fingerprint density at radius 1 is 1.00 bits per heavy atom. The molecule has 2 nitrogen and oxygen atoms in total. The molecule has 1 aromatic carbocycles. The quantitative estimate of drug-likeness (QED) is 0.758. The van der Waals surface area contributed by atoms with E-state index in [-0.39, 0.29) is 0 Å². The Labute approximate surface area is 126 Å². The summed E-state index contributed by atoms with van der Waals surface area (Å²) >= 11 is 0. The van der Waals surface area contributed by atoms with Gasteiger partial charge in [0.1, 0.15) is 12.4 Å². The number of ether oxygens (including phenoxy) is 1. The van der Waals surface area contributed by atoms with Crippen molar-refractivity contribution >= 4 is 0 Å². The highest BCUT2D eigenvalue weighted by atomic mass is 16.5. The minimum absolute atomic E-state index is 0.430. The first-order chi connectivity index (χ1) is 10.4. The highest BCUT2D eigenvalue weighted by Crippen LogP contribution is 2.29. The molecule has 1 aliphatic rings. The smallest absolute Gasteiger partial charge is 0.149 e. The molecule has 0 spiro atoms. The van der Waals surface area contributed by atoms with E-state index < -0.39 is 0 Å². The Balaban J connectivity index is 1.61. The third kappa shape index (κ3) is 3.70. The van der Waals surface area contributed by atoms with Gasteiger partial charge in [-0.05, 0) is 43.0 Å². The summed E-state index contributed by atoms with van der Waals surface area (Å²) in [5, 5.41) is 0. The predicted molar refractivity (Wildman–Crippen MR) is 85.4 cm³/mol. The van der Waals surface area contributed by atoms with Gasteiger partial charge in [0.05, 0.1) is 5.69 Å². The summed E-state index contributed by atoms with van der Waals surface area (Å²) < 4.78 is 7.95. The normalized spacial score (nSPS) is 15.2. The molecular weight excluding hydrogens is 258 g/mol. The van der Waals surface area contributed by atoms with E-state index in [0.29, 0.717) is 12.6 Å². The second kappa shape index (κ2) is 7.04. The molecule has 2 heteroatoms. The van der Waals surface area contributed by atoms with Crippen LogP contribution in [0.3, 0.4) is 0 Å². The van der Waals surface area contributed by atoms with Gasteiger partial charge < -0.3 is 9.30 Å². The van der Waals surface area contributed by atoms with Crippen molar-refractivity contribution in [1.82, 2.24) is 4.57 Å². The van der Waals surface area contributed by atoms with Crippen LogP contribution in [0.25, 0.3) is 0 Å². The molecule has 108 valence electrons. The summed E-state index contributed by atoms with van der Waals surface area (Å²) in [5.41, 5.74) is 1.11. The Bertz CT molecular complexity index is 612. The van der Waals surface area contributed by atoms with Crippen LogP contribution in [0, 0.1) is 11.8 Å². The Hall–Kier alpha value is -2.14. The third-order valence-corrected chi connectivity index (χ3v) is 4.02. The lowest BCUT2D eigenvalue weighted by Gasteiger charge is -2.24. The van der Waals surface area contributed by atoms with E-state index in [0.717, 1.165) is 11.4 Å². The number of hydrogen-bond donors (Lipinski definition) is 0. The van der Waals surface area contributed by atoms with Gasteiger partial charge in [0, 0.05) is 12.2 Å². The summed E-state index contributed by atoms with van der Waals surface area (Å²) in [6, 6.07) is 14.6. The molecule has 0 N–H and O–H groups in total. The van der Waals surface area contributed by atoms with Gasteiger partial charge in [-0.3, -0.25) is 0 Å². The first-order valence-corrected chi connectivity index (χ1v) is 7.77. The van der Waals surface area contributed by atoms with Crippen molar-refractivity contribution in [3.8, 4) is 17.6 Å². The summed E-state index contributed by atoms with van der Waals surface area (Å²) in [4.78, 5) is 0. The molecule has 0 amide bonds. The lowest BCUT2D eigenvalue weighted by molar-refractivity contribution is 0.352. The van der Waals surface area contributed by atoms with Crippen molar-refractivity contribution in [2.75, 3.05) is 6.61 Å². The zero-order chi connectivity index (χ0) is 14.3. The molecule has 0 radical (unpaired) electrons. The van der Waals surface area contributed by atoms with Crippen molar-refractivity contribution in [2.24, 2.45) is 0 Å². The van der Waals surface area contributed by atoms with E-state index in [1.807, 2.05) is 30.3 Å². The topological polar surface area (TPSA) is 14.2 Å². The number of hydrogen-bond acceptors (Lipinski definition) is 1. The molecule has 0 atom stereocenters. The van der Waals surface area contributed by atoms with E-state index in [1.54, 1.807) is 0 Å². The minimum Gasteiger partial charge on any atom is -0.481 e. The fraction of sp³-hybridized carbons (Fsp3) is 0.368. The second-order valence-electron chi connectivity index (χ2n) is 5.50. The summed E-state index contributed by atoms with van der Waals surface area (Å²) in [6.07, 6.45) is 8.79. The van der Waals surface area contributed by atoms with Crippen LogP contribution in [0.2, 0.25) is 0 Å². The summed E-state index contributed by atoms with van der Waals surface area (Å²) in [7, 11) is 0. The van der Waals surface area contributed by atoms with Crippen LogP contribution >= 0.6 is 0 Å². The maximum atomic E-state index is 5.61. The molecule has 0 unspecified atom stereocenters. The van der Waals surface area contributed by atoms with Crippen molar-refractivity contribution < 1.29 is 4.74 Å². The Kier molecular flexibility index (Phi) is 4.63. The van der Waals surface area contributed by atoms with Crippen molar-refractivity contribution in [3.63, 3.8) is 0 Å². The van der Waals surface area contributed by atoms with Crippen molar-refractivity contribution in [3.05, 3.63) is 54.4 Å². The van der Waals surface area contributed by atoms with E-state index in [4.69, 9.17) is 4.74 Å². The van der Waals surface area contributed by atoms with E-state index in [1.165, 1.54) is 32.1 Å². The summed E-state index contributed by atoms with van der Waals surface area (Å²) in [6.45, 7) is 0.430. The molecule has 0 aliphatic heterocycles. The van der Waals surface area contributed by atoms with Crippen molar-refractivity contribution in [2.45, 2.75) is 38.1 Å². The molecule has 1 fully saturated rings. The van der Waals surface area contributed by atoms with Crippen LogP contribution in [0.1, 0.15) is 43.8 Å². The van der Waals surface area contributed by atoms with Gasteiger partial charge in [-0.1, -0.05) is 43.4 Å². The van der Waals surface area contributed by atoms with E-state index in [9.17, 15) is 0 Å². The maximum absolute atomic E-state index is 5.61. The first-order valence-electron chi connectivity index (χ1n) is 7.77. The minimum atomic E-state index is 0.430. The lowest BCUT2D eigenvalue weighted by atomic mass is 9.95. The van der Waals surface area contributed by atoms with Gasteiger partial charge in [0.15, 0.2) is 0 Å². The third-order valence-electron chi connectivity index (χ3n) is 4.02. The van der Waals surface area contributed by atoms with Gasteiger partial charge in [0.2, 0.25) is 0 Å². The fourth-order valence-corrected chi connectivity index (χ4v) is 2.94. The number of benzene rings is 1. The van der Waals surface area contributed by atoms with E-state index >= 15 is 0 Å². The summed E-state index contributed by atoms with van der Waals surface area (Å²) in [5.74, 6) is 7.24. The second-order valence-corrected chi connectivity index (χ2v) is 5.50. The molecule has 1 heterocycles. The van der Waals surface area contributed by atoms with Crippen LogP contribution < -0.4 is 4.74 Å². The largest absolute Gasteiger partial charge is 0.481 e. The highest BCUT2D eigenvalue weighted by Gasteiger charge is 2.15. The number of para-hydroxylation sites is 1. The number of nitrogens with zero attached hydrogens (tertiary/aromatic N) is 1. The predicted octanol–water partition coefficient (Wildman–Crippen LogP) is 4.42. The van der Waals surface area contributed by atoms with Gasteiger partial charge >= 0.3 is 0 Å². The monoisotopic (exact) mass is 279 g/mol. The number of aromatic nitrogens is 1. The molecule has 3 rings (SSSR count). The molecule has 21 heavy (non-hydrogen) atoms. The molecule has 0 bridgehead atoms. The first kappa shape index (κ1) is 13.8.